The molecule has 300 valence electrons. The predicted octanol–water partition coefficient (Wildman–Crippen LogP) is -0.385. The Morgan fingerprint density at radius 3 is 2.04 bits per heavy atom. The number of aryl methyl sites for hydroxylation is 1. The molecule has 4 aliphatic rings. The zero-order valence-electron chi connectivity index (χ0n) is 31.4. The topological polar surface area (TPSA) is 264 Å². The molecule has 55 heavy (non-hydrogen) atoms. The number of fused-ring (bicyclic) bond motifs is 5. The maximum atomic E-state index is 15.1. The molecule has 2 aliphatic carbocycles. The largest absolute Gasteiger partial charge is 0.465 e. The Labute approximate surface area is 314 Å². The van der Waals surface area contributed by atoms with E-state index in [9.17, 15) is 43.8 Å². The summed E-state index contributed by atoms with van der Waals surface area (Å²) in [5.41, 5.74) is -13.1. The number of hydrogen-bond acceptors (Lipinski definition) is 19. The zero-order chi connectivity index (χ0) is 41.1. The molecule has 2 saturated carbocycles. The van der Waals surface area contributed by atoms with Crippen LogP contribution in [0.15, 0.2) is 18.3 Å². The van der Waals surface area contributed by atoms with Crippen molar-refractivity contribution < 1.29 is 86.5 Å². The van der Waals surface area contributed by atoms with Gasteiger partial charge in [-0.05, 0) is 45.7 Å². The van der Waals surface area contributed by atoms with Crippen LogP contribution >= 0.6 is 0 Å². The molecule has 1 saturated heterocycles. The average molecular weight is 778 g/mol. The number of carbonyl (C=O) groups excluding carboxylic acids is 8. The van der Waals surface area contributed by atoms with Gasteiger partial charge in [0.2, 0.25) is 0 Å². The number of pyridine rings is 1. The summed E-state index contributed by atoms with van der Waals surface area (Å²) in [5, 5.41) is 24.7. The standard InChI is InChI=1S/C36H43NO18/c1-16(38)48-15-35-27(52-19(4)41)24(43)23-26(51-18(3)40)36(35)34(8,47)28(25(50-17(2)39)29(35)53-20(5)42)54-31(45)32(6,46)12-11-22-21(10-9-13-37-22)30(44)49-14-33(23,7)55-36/h9-10,13,23,25-29,46-47H,11-12,14-15H2,1-8H3/t23-,25+,26-,27-,28+,29+,32?,33+,34+,35-,36+/m1/s1. The van der Waals surface area contributed by atoms with Gasteiger partial charge in [0.15, 0.2) is 41.4 Å². The van der Waals surface area contributed by atoms with Gasteiger partial charge in [-0.2, -0.15) is 0 Å². The van der Waals surface area contributed by atoms with Crippen LogP contribution < -0.4 is 0 Å². The lowest BCUT2D eigenvalue weighted by Crippen LogP contribution is -2.88. The van der Waals surface area contributed by atoms with Crippen molar-refractivity contribution in [2.45, 2.75) is 121 Å². The van der Waals surface area contributed by atoms with Crippen molar-refractivity contribution in [2.24, 2.45) is 11.3 Å². The van der Waals surface area contributed by atoms with Crippen LogP contribution in [0.1, 0.15) is 77.9 Å². The third-order valence-electron chi connectivity index (χ3n) is 10.7. The minimum absolute atomic E-state index is 0.0907. The van der Waals surface area contributed by atoms with E-state index in [0.717, 1.165) is 48.5 Å². The highest BCUT2D eigenvalue weighted by atomic mass is 16.7. The Morgan fingerprint density at radius 1 is 0.855 bits per heavy atom. The molecule has 0 amide bonds. The van der Waals surface area contributed by atoms with Crippen LogP contribution in [0, 0.1) is 11.3 Å². The highest BCUT2D eigenvalue weighted by Gasteiger charge is 2.91. The maximum Gasteiger partial charge on any atom is 0.340 e. The summed E-state index contributed by atoms with van der Waals surface area (Å²) in [7, 11) is 0. The van der Waals surface area contributed by atoms with Crippen LogP contribution in [0.25, 0.3) is 0 Å². The van der Waals surface area contributed by atoms with Crippen molar-refractivity contribution in [2.75, 3.05) is 13.2 Å². The van der Waals surface area contributed by atoms with Crippen molar-refractivity contribution in [3.63, 3.8) is 0 Å². The van der Waals surface area contributed by atoms with Crippen molar-refractivity contribution in [1.82, 2.24) is 4.98 Å². The molecule has 5 rings (SSSR count). The molecule has 0 aromatic carbocycles. The van der Waals surface area contributed by atoms with Gasteiger partial charge >= 0.3 is 41.8 Å². The normalized spacial score (nSPS) is 38.2. The molecule has 19 heteroatoms. The van der Waals surface area contributed by atoms with Crippen LogP contribution in [0.3, 0.4) is 0 Å². The Bertz CT molecular complexity index is 1820. The number of aromatic nitrogens is 1. The molecule has 2 aliphatic heterocycles. The van der Waals surface area contributed by atoms with Gasteiger partial charge in [0.1, 0.15) is 35.9 Å². The van der Waals surface area contributed by atoms with E-state index in [1.165, 1.54) is 25.3 Å². The fraction of sp³-hybridized carbons (Fsp3) is 0.639. The third-order valence-corrected chi connectivity index (χ3v) is 10.7. The highest BCUT2D eigenvalue weighted by Crippen LogP contribution is 2.69. The average Bonchev–Trinajstić information content (AvgIpc) is 3.30. The molecule has 1 spiro atoms. The molecule has 1 aromatic rings. The van der Waals surface area contributed by atoms with Crippen LogP contribution in [0.4, 0.5) is 0 Å². The van der Waals surface area contributed by atoms with Crippen molar-refractivity contribution >= 4 is 47.6 Å². The summed E-state index contributed by atoms with van der Waals surface area (Å²) < 4.78 is 46.8. The Balaban J connectivity index is 1.96. The van der Waals surface area contributed by atoms with Gasteiger partial charge in [-0.25, -0.2) is 9.59 Å². The minimum atomic E-state index is -2.93. The first kappa shape index (κ1) is 41.2. The first-order chi connectivity index (χ1) is 25.5. The van der Waals surface area contributed by atoms with Crippen LogP contribution in [0.2, 0.25) is 0 Å². The van der Waals surface area contributed by atoms with Crippen LogP contribution in [-0.2, 0) is 77.9 Å². The molecule has 11 atom stereocenters. The van der Waals surface area contributed by atoms with E-state index in [-0.39, 0.29) is 17.7 Å². The number of cyclic esters (lactones) is 1. The lowest BCUT2D eigenvalue weighted by molar-refractivity contribution is -0.377. The number of nitrogens with zero attached hydrogens (tertiary/aromatic N) is 1. The molecule has 1 unspecified atom stereocenters. The fourth-order valence-electron chi connectivity index (χ4n) is 8.60. The van der Waals surface area contributed by atoms with Crippen LogP contribution in [0.5, 0.6) is 0 Å². The highest BCUT2D eigenvalue weighted by molar-refractivity contribution is 5.94. The van der Waals surface area contributed by atoms with Gasteiger partial charge in [0, 0.05) is 40.8 Å². The minimum Gasteiger partial charge on any atom is -0.465 e. The second kappa shape index (κ2) is 14.2. The summed E-state index contributed by atoms with van der Waals surface area (Å²) in [5.74, 6) is -10.8. The van der Waals surface area contributed by atoms with E-state index >= 15 is 4.79 Å². The number of ether oxygens (including phenoxy) is 8. The first-order valence-corrected chi connectivity index (χ1v) is 17.3. The molecule has 0 radical (unpaired) electrons. The van der Waals surface area contributed by atoms with E-state index in [0.29, 0.717) is 0 Å². The molecule has 3 fully saturated rings. The number of Topliss-reactive ketones (excluding diaryl/α,β-unsaturated/α-hetero) is 1. The lowest BCUT2D eigenvalue weighted by Gasteiger charge is -2.66. The van der Waals surface area contributed by atoms with E-state index < -0.39 is 131 Å². The number of esters is 7. The van der Waals surface area contributed by atoms with E-state index in [4.69, 9.17) is 37.9 Å². The molecular formula is C36H43NO18. The molecule has 1 aromatic heterocycles. The summed E-state index contributed by atoms with van der Waals surface area (Å²) in [4.78, 5) is 112. The molecule has 4 bridgehead atoms. The number of rotatable bonds is 6. The van der Waals surface area contributed by atoms with Crippen molar-refractivity contribution in [1.29, 1.82) is 0 Å². The van der Waals surface area contributed by atoms with Crippen molar-refractivity contribution in [3.05, 3.63) is 29.6 Å². The molecule has 3 heterocycles. The van der Waals surface area contributed by atoms with Gasteiger partial charge in [-0.1, -0.05) is 0 Å². The maximum absolute atomic E-state index is 15.1. The van der Waals surface area contributed by atoms with Gasteiger partial charge in [-0.15, -0.1) is 0 Å². The fourth-order valence-corrected chi connectivity index (χ4v) is 8.60. The number of hydrogen-bond donors (Lipinski definition) is 2. The number of ketones is 1. The summed E-state index contributed by atoms with van der Waals surface area (Å²) in [6.45, 7) is 6.04. The summed E-state index contributed by atoms with van der Waals surface area (Å²) in [6.07, 6.45) is -10.1. The monoisotopic (exact) mass is 777 g/mol. The number of carbonyl (C=O) groups is 8. The Kier molecular flexibility index (Phi) is 10.7. The van der Waals surface area contributed by atoms with Gasteiger partial charge in [0.25, 0.3) is 0 Å². The molecule has 19 nitrogen and oxygen atoms in total. The first-order valence-electron chi connectivity index (χ1n) is 17.3. The van der Waals surface area contributed by atoms with E-state index in [2.05, 4.69) is 4.98 Å². The predicted molar refractivity (Wildman–Crippen MR) is 176 cm³/mol. The molecule has 2 N–H and O–H groups in total. The summed E-state index contributed by atoms with van der Waals surface area (Å²) in [6, 6.07) is 2.79. The van der Waals surface area contributed by atoms with E-state index in [1.54, 1.807) is 0 Å². The molecular weight excluding hydrogens is 734 g/mol. The zero-order valence-corrected chi connectivity index (χ0v) is 31.4. The lowest BCUT2D eigenvalue weighted by atomic mass is 9.45. The van der Waals surface area contributed by atoms with Crippen molar-refractivity contribution in [3.8, 4) is 0 Å². The van der Waals surface area contributed by atoms with Gasteiger partial charge in [0.05, 0.1) is 17.2 Å². The summed E-state index contributed by atoms with van der Waals surface area (Å²) >= 11 is 0. The van der Waals surface area contributed by atoms with Gasteiger partial charge in [-0.3, -0.25) is 33.8 Å². The number of aliphatic hydroxyl groups is 2. The second-order valence-electron chi connectivity index (χ2n) is 14.8. The Hall–Kier alpha value is -5.01. The SMILES string of the molecule is CC(=O)OC[C@]12[C@H](OC(C)=O)C(=O)[C@@H]3[C@@H](OC(C)=O)[C@@]14O[C@@]3(C)COC(=O)c1cccnc1CCC(C)(O)C(=O)O[C@@H]([C@H](OC(C)=O)[C@@H]2OC(C)=O)[C@]4(C)O. The van der Waals surface area contributed by atoms with E-state index in [1.807, 2.05) is 0 Å². The van der Waals surface area contributed by atoms with Crippen LogP contribution in [-0.4, -0.2) is 129 Å². The second-order valence-corrected chi connectivity index (χ2v) is 14.8. The third kappa shape index (κ3) is 6.60. The van der Waals surface area contributed by atoms with Gasteiger partial charge < -0.3 is 48.1 Å². The Morgan fingerprint density at radius 2 is 1.45 bits per heavy atom. The smallest absolute Gasteiger partial charge is 0.340 e. The quantitative estimate of drug-likeness (QED) is 0.275.